The van der Waals surface area contributed by atoms with Crippen molar-refractivity contribution in [1.82, 2.24) is 5.43 Å². The van der Waals surface area contributed by atoms with Crippen molar-refractivity contribution in [2.45, 2.75) is 39.5 Å². The van der Waals surface area contributed by atoms with Crippen LogP contribution in [0.5, 0.6) is 11.5 Å². The van der Waals surface area contributed by atoms with E-state index >= 15 is 0 Å². The minimum Gasteiger partial charge on any atom is -0.493 e. The molecule has 27 heavy (non-hydrogen) atoms. The maximum absolute atomic E-state index is 10.8. The highest BCUT2D eigenvalue weighted by Crippen LogP contribution is 2.28. The molecule has 5 heteroatoms. The molecule has 0 aromatic heterocycles. The standard InChI is InChI=1S/C22H28N2O3/c1-4-17(2)21-8-5-6-9-22(21)27-15-7-14-26-20-12-10-19(11-13-20)16-23-24-18(3)25/h5-6,8-13,16-17H,4,7,14-15H2,1-3H3,(H,24,25)/b23-16-/t17-/m0/s1. The number of para-hydroxylation sites is 1. The first-order valence-electron chi connectivity index (χ1n) is 9.34. The zero-order chi connectivity index (χ0) is 19.5. The van der Waals surface area contributed by atoms with Crippen molar-refractivity contribution in [2.24, 2.45) is 5.10 Å². The van der Waals surface area contributed by atoms with Gasteiger partial charge in [-0.3, -0.25) is 4.79 Å². The van der Waals surface area contributed by atoms with E-state index in [1.165, 1.54) is 12.5 Å². The van der Waals surface area contributed by atoms with Crippen LogP contribution in [0.3, 0.4) is 0 Å². The van der Waals surface area contributed by atoms with Gasteiger partial charge in [0.1, 0.15) is 11.5 Å². The molecule has 1 N–H and O–H groups in total. The van der Waals surface area contributed by atoms with Gasteiger partial charge in [0.2, 0.25) is 5.91 Å². The van der Waals surface area contributed by atoms with E-state index in [-0.39, 0.29) is 5.91 Å². The average molecular weight is 368 g/mol. The van der Waals surface area contributed by atoms with Crippen LogP contribution in [-0.2, 0) is 4.79 Å². The van der Waals surface area contributed by atoms with Crippen molar-refractivity contribution in [3.05, 3.63) is 59.7 Å². The molecule has 1 atom stereocenters. The van der Waals surface area contributed by atoms with Crippen LogP contribution in [0.2, 0.25) is 0 Å². The lowest BCUT2D eigenvalue weighted by molar-refractivity contribution is -0.118. The molecule has 0 unspecified atom stereocenters. The number of hydrogen-bond donors (Lipinski definition) is 1. The number of rotatable bonds is 10. The maximum atomic E-state index is 10.8. The van der Waals surface area contributed by atoms with E-state index in [0.717, 1.165) is 29.9 Å². The van der Waals surface area contributed by atoms with E-state index in [1.807, 2.05) is 36.4 Å². The number of ether oxygens (including phenoxy) is 2. The third-order valence-corrected chi connectivity index (χ3v) is 4.19. The maximum Gasteiger partial charge on any atom is 0.236 e. The summed E-state index contributed by atoms with van der Waals surface area (Å²) in [4.78, 5) is 10.8. The highest BCUT2D eigenvalue weighted by atomic mass is 16.5. The van der Waals surface area contributed by atoms with Crippen LogP contribution < -0.4 is 14.9 Å². The fraction of sp³-hybridized carbons (Fsp3) is 0.364. The monoisotopic (exact) mass is 368 g/mol. The lowest BCUT2D eigenvalue weighted by atomic mass is 9.98. The summed E-state index contributed by atoms with van der Waals surface area (Å²) in [5.74, 6) is 2.06. The number of carbonyl (C=O) groups is 1. The first kappa shape index (κ1) is 20.5. The Kier molecular flexibility index (Phi) is 8.36. The lowest BCUT2D eigenvalue weighted by Crippen LogP contribution is -2.12. The highest BCUT2D eigenvalue weighted by Gasteiger charge is 2.09. The van der Waals surface area contributed by atoms with Crippen LogP contribution in [0, 0.1) is 0 Å². The quantitative estimate of drug-likeness (QED) is 0.381. The van der Waals surface area contributed by atoms with E-state index in [1.54, 1.807) is 6.21 Å². The first-order chi connectivity index (χ1) is 13.1. The van der Waals surface area contributed by atoms with Crippen LogP contribution >= 0.6 is 0 Å². The molecular weight excluding hydrogens is 340 g/mol. The van der Waals surface area contributed by atoms with E-state index in [0.29, 0.717) is 19.1 Å². The van der Waals surface area contributed by atoms with Gasteiger partial charge in [0, 0.05) is 13.3 Å². The number of hydrogen-bond acceptors (Lipinski definition) is 4. The summed E-state index contributed by atoms with van der Waals surface area (Å²) >= 11 is 0. The second kappa shape index (κ2) is 11.0. The average Bonchev–Trinajstić information content (AvgIpc) is 2.68. The minimum absolute atomic E-state index is 0.194. The van der Waals surface area contributed by atoms with E-state index < -0.39 is 0 Å². The fourth-order valence-corrected chi connectivity index (χ4v) is 2.52. The molecule has 0 fully saturated rings. The van der Waals surface area contributed by atoms with Gasteiger partial charge in [0.05, 0.1) is 19.4 Å². The number of carbonyl (C=O) groups excluding carboxylic acids is 1. The van der Waals surface area contributed by atoms with Crippen LogP contribution in [0.1, 0.15) is 50.7 Å². The number of amides is 1. The molecule has 2 aromatic rings. The van der Waals surface area contributed by atoms with Gasteiger partial charge in [0.25, 0.3) is 0 Å². The third kappa shape index (κ3) is 7.13. The molecule has 0 heterocycles. The van der Waals surface area contributed by atoms with E-state index in [2.05, 4.69) is 36.5 Å². The van der Waals surface area contributed by atoms with Crippen molar-refractivity contribution in [3.63, 3.8) is 0 Å². The van der Waals surface area contributed by atoms with Gasteiger partial charge < -0.3 is 9.47 Å². The van der Waals surface area contributed by atoms with Gasteiger partial charge in [0.15, 0.2) is 0 Å². The SMILES string of the molecule is CC[C@H](C)c1ccccc1OCCCOc1ccc(/C=N\NC(C)=O)cc1. The lowest BCUT2D eigenvalue weighted by Gasteiger charge is -2.15. The fourth-order valence-electron chi connectivity index (χ4n) is 2.52. The minimum atomic E-state index is -0.194. The second-order valence-electron chi connectivity index (χ2n) is 6.39. The van der Waals surface area contributed by atoms with Crippen LogP contribution in [-0.4, -0.2) is 25.3 Å². The van der Waals surface area contributed by atoms with E-state index in [4.69, 9.17) is 9.47 Å². The summed E-state index contributed by atoms with van der Waals surface area (Å²) in [7, 11) is 0. The molecule has 0 spiro atoms. The van der Waals surface area contributed by atoms with Crippen molar-refractivity contribution in [2.75, 3.05) is 13.2 Å². The predicted molar refractivity (Wildman–Crippen MR) is 109 cm³/mol. The second-order valence-corrected chi connectivity index (χ2v) is 6.39. The Bertz CT molecular complexity index is 741. The van der Waals surface area contributed by atoms with Crippen LogP contribution in [0.4, 0.5) is 0 Å². The molecule has 0 aliphatic rings. The van der Waals surface area contributed by atoms with Crippen molar-refractivity contribution >= 4 is 12.1 Å². The Morgan fingerprint density at radius 3 is 2.52 bits per heavy atom. The number of hydrazone groups is 1. The molecule has 144 valence electrons. The first-order valence-corrected chi connectivity index (χ1v) is 9.34. The summed E-state index contributed by atoms with van der Waals surface area (Å²) < 4.78 is 11.7. The van der Waals surface area contributed by atoms with Crippen molar-refractivity contribution in [1.29, 1.82) is 0 Å². The Balaban J connectivity index is 1.73. The van der Waals surface area contributed by atoms with Crippen molar-refractivity contribution < 1.29 is 14.3 Å². The predicted octanol–water partition coefficient (Wildman–Crippen LogP) is 4.52. The summed E-state index contributed by atoms with van der Waals surface area (Å²) in [5.41, 5.74) is 4.52. The summed E-state index contributed by atoms with van der Waals surface area (Å²) in [6, 6.07) is 15.8. The smallest absolute Gasteiger partial charge is 0.236 e. The molecule has 0 saturated heterocycles. The molecule has 2 rings (SSSR count). The van der Waals surface area contributed by atoms with Gasteiger partial charge in [-0.1, -0.05) is 32.0 Å². The topological polar surface area (TPSA) is 59.9 Å². The Morgan fingerprint density at radius 2 is 1.81 bits per heavy atom. The molecule has 5 nitrogen and oxygen atoms in total. The van der Waals surface area contributed by atoms with Gasteiger partial charge >= 0.3 is 0 Å². The summed E-state index contributed by atoms with van der Waals surface area (Å²) in [6.45, 7) is 7.03. The summed E-state index contributed by atoms with van der Waals surface area (Å²) in [6.07, 6.45) is 3.49. The Hall–Kier alpha value is -2.82. The number of benzene rings is 2. The number of nitrogens with one attached hydrogen (secondary N) is 1. The zero-order valence-corrected chi connectivity index (χ0v) is 16.3. The molecule has 2 aromatic carbocycles. The zero-order valence-electron chi connectivity index (χ0n) is 16.3. The normalized spacial score (nSPS) is 12.0. The van der Waals surface area contributed by atoms with Gasteiger partial charge in [-0.2, -0.15) is 5.10 Å². The Morgan fingerprint density at radius 1 is 1.11 bits per heavy atom. The largest absolute Gasteiger partial charge is 0.493 e. The molecule has 0 aliphatic heterocycles. The number of nitrogens with zero attached hydrogens (tertiary/aromatic N) is 1. The highest BCUT2D eigenvalue weighted by molar-refractivity contribution is 5.81. The molecular formula is C22H28N2O3. The molecule has 0 radical (unpaired) electrons. The third-order valence-electron chi connectivity index (χ3n) is 4.19. The van der Waals surface area contributed by atoms with E-state index in [9.17, 15) is 4.79 Å². The molecule has 0 aliphatic carbocycles. The summed E-state index contributed by atoms with van der Waals surface area (Å²) in [5, 5.41) is 3.83. The molecule has 0 saturated carbocycles. The Labute approximate surface area is 161 Å². The molecule has 0 bridgehead atoms. The van der Waals surface area contributed by atoms with Gasteiger partial charge in [-0.05, 0) is 53.8 Å². The van der Waals surface area contributed by atoms with Gasteiger partial charge in [-0.15, -0.1) is 0 Å². The van der Waals surface area contributed by atoms with Crippen molar-refractivity contribution in [3.8, 4) is 11.5 Å². The van der Waals surface area contributed by atoms with Crippen LogP contribution in [0.15, 0.2) is 53.6 Å². The molecule has 1 amide bonds. The van der Waals surface area contributed by atoms with Crippen LogP contribution in [0.25, 0.3) is 0 Å². The van der Waals surface area contributed by atoms with Gasteiger partial charge in [-0.25, -0.2) is 5.43 Å².